The van der Waals surface area contributed by atoms with Gasteiger partial charge in [0.2, 0.25) is 5.95 Å². The molecule has 25 heavy (non-hydrogen) atoms. The Balaban J connectivity index is 1.38. The Morgan fingerprint density at radius 3 is 2.84 bits per heavy atom. The van der Waals surface area contributed by atoms with Gasteiger partial charge in [-0.15, -0.1) is 0 Å². The number of benzene rings is 1. The van der Waals surface area contributed by atoms with Crippen molar-refractivity contribution in [1.29, 1.82) is 0 Å². The third-order valence-electron chi connectivity index (χ3n) is 5.36. The highest BCUT2D eigenvalue weighted by Crippen LogP contribution is 2.47. The number of imidazole rings is 1. The number of hydrogen-bond donors (Lipinski definition) is 2. The van der Waals surface area contributed by atoms with Crippen molar-refractivity contribution < 1.29 is 4.74 Å². The van der Waals surface area contributed by atoms with E-state index in [-0.39, 0.29) is 11.6 Å². The number of aryl methyl sites for hydroxylation is 1. The van der Waals surface area contributed by atoms with Crippen molar-refractivity contribution >= 4 is 17.2 Å². The molecule has 1 unspecified atom stereocenters. The van der Waals surface area contributed by atoms with Gasteiger partial charge in [0.15, 0.2) is 11.3 Å². The molecule has 0 bridgehead atoms. The van der Waals surface area contributed by atoms with Crippen molar-refractivity contribution in [3.8, 4) is 5.75 Å². The maximum Gasteiger partial charge on any atom is 0.206 e. The monoisotopic (exact) mass is 336 g/mol. The van der Waals surface area contributed by atoms with E-state index in [2.05, 4.69) is 30.9 Å². The highest BCUT2D eigenvalue weighted by Gasteiger charge is 2.48. The molecule has 1 atom stereocenters. The van der Waals surface area contributed by atoms with Crippen LogP contribution in [0.4, 0.5) is 5.95 Å². The number of nitrogens with two attached hydrogens (primary N) is 1. The molecule has 0 saturated carbocycles. The highest BCUT2D eigenvalue weighted by molar-refractivity contribution is 5.69. The van der Waals surface area contributed by atoms with Crippen LogP contribution in [0.1, 0.15) is 30.1 Å². The summed E-state index contributed by atoms with van der Waals surface area (Å²) in [4.78, 5) is 18.9. The van der Waals surface area contributed by atoms with Gasteiger partial charge in [-0.3, -0.25) is 0 Å². The summed E-state index contributed by atoms with van der Waals surface area (Å²) in [7, 11) is 0. The van der Waals surface area contributed by atoms with Gasteiger partial charge in [-0.25, -0.2) is 9.97 Å². The number of rotatable bonds is 1. The third kappa shape index (κ3) is 2.19. The number of aromatic nitrogens is 4. The van der Waals surface area contributed by atoms with Crippen molar-refractivity contribution in [1.82, 2.24) is 19.9 Å². The van der Waals surface area contributed by atoms with Gasteiger partial charge in [-0.1, -0.05) is 18.2 Å². The van der Waals surface area contributed by atoms with Gasteiger partial charge in [0.05, 0.1) is 17.9 Å². The van der Waals surface area contributed by atoms with E-state index in [0.29, 0.717) is 5.65 Å². The fraction of sp³-hybridized carbons (Fsp3) is 0.389. The Morgan fingerprint density at radius 1 is 1.24 bits per heavy atom. The number of aromatic amines is 1. The van der Waals surface area contributed by atoms with Crippen LogP contribution in [-0.4, -0.2) is 38.6 Å². The number of fused-ring (bicyclic) bond motifs is 2. The van der Waals surface area contributed by atoms with Crippen LogP contribution in [0.15, 0.2) is 30.5 Å². The minimum absolute atomic E-state index is 0.0764. The van der Waals surface area contributed by atoms with Gasteiger partial charge in [-0.2, -0.15) is 4.98 Å². The Morgan fingerprint density at radius 2 is 2.04 bits per heavy atom. The Hall–Kier alpha value is -2.67. The first-order chi connectivity index (χ1) is 12.1. The molecule has 4 heterocycles. The second-order valence-electron chi connectivity index (χ2n) is 6.91. The van der Waals surface area contributed by atoms with E-state index in [1.54, 1.807) is 6.20 Å². The molecule has 5 rings (SSSR count). The number of nitrogens with one attached hydrogen (secondary N) is 1. The summed E-state index contributed by atoms with van der Waals surface area (Å²) in [6.07, 6.45) is 3.47. The van der Waals surface area contributed by atoms with E-state index in [1.807, 2.05) is 25.1 Å². The van der Waals surface area contributed by atoms with Crippen LogP contribution in [0.5, 0.6) is 5.75 Å². The van der Waals surface area contributed by atoms with Gasteiger partial charge in [0.1, 0.15) is 11.4 Å². The first-order valence-electron chi connectivity index (χ1n) is 8.62. The molecular weight excluding hydrogens is 316 g/mol. The fourth-order valence-electron chi connectivity index (χ4n) is 3.92. The van der Waals surface area contributed by atoms with Crippen molar-refractivity contribution in [3.05, 3.63) is 41.7 Å². The van der Waals surface area contributed by atoms with Crippen molar-refractivity contribution in [3.63, 3.8) is 0 Å². The van der Waals surface area contributed by atoms with Crippen LogP contribution in [0.3, 0.4) is 0 Å². The molecule has 0 aliphatic carbocycles. The molecule has 2 aliphatic rings. The maximum atomic E-state index is 6.53. The number of hydrogen-bond acceptors (Lipinski definition) is 6. The van der Waals surface area contributed by atoms with Crippen LogP contribution in [0.2, 0.25) is 0 Å². The number of ether oxygens (including phenoxy) is 1. The lowest BCUT2D eigenvalue weighted by Gasteiger charge is -2.40. The molecule has 128 valence electrons. The molecule has 7 nitrogen and oxygen atoms in total. The third-order valence-corrected chi connectivity index (χ3v) is 5.36. The highest BCUT2D eigenvalue weighted by atomic mass is 16.5. The largest absolute Gasteiger partial charge is 0.485 e. The summed E-state index contributed by atoms with van der Waals surface area (Å²) >= 11 is 0. The number of para-hydroxylation sites is 1. The Bertz CT molecular complexity index is 944. The zero-order valence-electron chi connectivity index (χ0n) is 14.1. The zero-order chi connectivity index (χ0) is 17.0. The fourth-order valence-corrected chi connectivity index (χ4v) is 3.92. The Kier molecular flexibility index (Phi) is 3.03. The second kappa shape index (κ2) is 5.16. The standard InChI is InChI=1S/C18H20N6O/c1-11-10-20-15-16(21-11)23-17(22-15)24-8-6-18(7-9-24)14(19)12-4-2-3-5-13(12)25-18/h2-5,10,14H,6-9,19H2,1H3,(H,20,21,22,23). The smallest absolute Gasteiger partial charge is 0.206 e. The number of H-pyrrole nitrogens is 1. The average Bonchev–Trinajstić information content (AvgIpc) is 3.16. The van der Waals surface area contributed by atoms with E-state index in [0.717, 1.165) is 54.5 Å². The lowest BCUT2D eigenvalue weighted by molar-refractivity contribution is 0.0430. The topological polar surface area (TPSA) is 93.0 Å². The Labute approximate surface area is 145 Å². The van der Waals surface area contributed by atoms with E-state index >= 15 is 0 Å². The molecule has 3 N–H and O–H groups in total. The summed E-state index contributed by atoms with van der Waals surface area (Å²) in [5.41, 5.74) is 9.59. The summed E-state index contributed by atoms with van der Waals surface area (Å²) in [5, 5.41) is 0. The second-order valence-corrected chi connectivity index (χ2v) is 6.91. The van der Waals surface area contributed by atoms with Crippen LogP contribution >= 0.6 is 0 Å². The molecular formula is C18H20N6O. The number of anilines is 1. The van der Waals surface area contributed by atoms with Crippen molar-refractivity contribution in [2.24, 2.45) is 5.73 Å². The quantitative estimate of drug-likeness (QED) is 0.707. The minimum atomic E-state index is -0.306. The summed E-state index contributed by atoms with van der Waals surface area (Å²) in [6.45, 7) is 3.59. The summed E-state index contributed by atoms with van der Waals surface area (Å²) < 4.78 is 6.30. The maximum absolute atomic E-state index is 6.53. The molecule has 0 radical (unpaired) electrons. The SMILES string of the molecule is Cc1cnc2[nH]c(N3CCC4(CC3)Oc3ccccc3C4N)nc2n1. The van der Waals surface area contributed by atoms with Crippen molar-refractivity contribution in [2.45, 2.75) is 31.4 Å². The lowest BCUT2D eigenvalue weighted by Crippen LogP contribution is -2.51. The van der Waals surface area contributed by atoms with Crippen LogP contribution in [0, 0.1) is 6.92 Å². The van der Waals surface area contributed by atoms with E-state index in [9.17, 15) is 0 Å². The molecule has 1 aromatic carbocycles. The predicted molar refractivity (Wildman–Crippen MR) is 94.6 cm³/mol. The van der Waals surface area contributed by atoms with Crippen molar-refractivity contribution in [2.75, 3.05) is 18.0 Å². The normalized spacial score (nSPS) is 21.5. The van der Waals surface area contributed by atoms with E-state index < -0.39 is 0 Å². The molecule has 1 saturated heterocycles. The predicted octanol–water partition coefficient (Wildman–Crippen LogP) is 2.09. The number of piperidine rings is 1. The lowest BCUT2D eigenvalue weighted by atomic mass is 9.83. The summed E-state index contributed by atoms with van der Waals surface area (Å²) in [6, 6.07) is 8.02. The van der Waals surface area contributed by atoms with Gasteiger partial charge >= 0.3 is 0 Å². The van der Waals surface area contributed by atoms with Gasteiger partial charge in [0.25, 0.3) is 0 Å². The molecule has 3 aromatic rings. The average molecular weight is 336 g/mol. The first-order valence-corrected chi connectivity index (χ1v) is 8.62. The minimum Gasteiger partial charge on any atom is -0.485 e. The summed E-state index contributed by atoms with van der Waals surface area (Å²) in [5.74, 6) is 1.75. The molecule has 1 spiro atoms. The zero-order valence-corrected chi connectivity index (χ0v) is 14.1. The van der Waals surface area contributed by atoms with Crippen LogP contribution in [0.25, 0.3) is 11.3 Å². The van der Waals surface area contributed by atoms with Gasteiger partial charge in [0, 0.05) is 31.5 Å². The van der Waals surface area contributed by atoms with Crippen LogP contribution in [-0.2, 0) is 0 Å². The molecule has 1 fully saturated rings. The molecule has 2 aliphatic heterocycles. The van der Waals surface area contributed by atoms with Gasteiger partial charge < -0.3 is 20.4 Å². The molecule has 2 aromatic heterocycles. The number of nitrogens with zero attached hydrogens (tertiary/aromatic N) is 4. The van der Waals surface area contributed by atoms with E-state index in [1.165, 1.54) is 0 Å². The van der Waals surface area contributed by atoms with E-state index in [4.69, 9.17) is 10.5 Å². The first kappa shape index (κ1) is 14.7. The molecule has 7 heteroatoms. The molecule has 0 amide bonds. The van der Waals surface area contributed by atoms with Gasteiger partial charge in [-0.05, 0) is 13.0 Å². The van der Waals surface area contributed by atoms with Crippen LogP contribution < -0.4 is 15.4 Å².